The maximum atomic E-state index is 5.49. The Morgan fingerprint density at radius 1 is 1.60 bits per heavy atom. The Labute approximate surface area is 59.4 Å². The van der Waals surface area contributed by atoms with Crippen molar-refractivity contribution in [1.29, 1.82) is 0 Å². The van der Waals surface area contributed by atoms with Crippen LogP contribution in [0.1, 0.15) is 11.7 Å². The summed E-state index contributed by atoms with van der Waals surface area (Å²) < 4.78 is 0. The van der Waals surface area contributed by atoms with E-state index in [1.165, 1.54) is 0 Å². The van der Waals surface area contributed by atoms with E-state index in [-0.39, 0.29) is 0 Å². The first-order valence-corrected chi connectivity index (χ1v) is 3.30. The predicted octanol–water partition coefficient (Wildman–Crippen LogP) is 0.312. The fraction of sp³-hybridized carbons (Fsp3) is 0.286. The van der Waals surface area contributed by atoms with E-state index >= 15 is 0 Å². The minimum atomic E-state index is 0.376. The molecule has 2 atom stereocenters. The van der Waals surface area contributed by atoms with Crippen LogP contribution in [0.5, 0.6) is 0 Å². The van der Waals surface area contributed by atoms with Gasteiger partial charge in [0.15, 0.2) is 0 Å². The molecule has 3 nitrogen and oxygen atoms in total. The number of nitrogens with zero attached hydrogens (tertiary/aromatic N) is 2. The lowest BCUT2D eigenvalue weighted by atomic mass is 10.3. The number of hydrogen-bond acceptors (Lipinski definition) is 3. The number of rotatable bonds is 1. The van der Waals surface area contributed by atoms with Gasteiger partial charge < -0.3 is 0 Å². The van der Waals surface area contributed by atoms with Crippen LogP contribution in [0.3, 0.4) is 0 Å². The van der Waals surface area contributed by atoms with E-state index in [0.717, 1.165) is 12.2 Å². The molecule has 0 amide bonds. The van der Waals surface area contributed by atoms with E-state index in [2.05, 4.69) is 4.98 Å². The number of nitrogens with two attached hydrogens (primary N) is 1. The molecular formula is C7H9N3. The minimum absolute atomic E-state index is 0.376. The highest BCUT2D eigenvalue weighted by Crippen LogP contribution is 2.28. The molecule has 2 rings (SSSR count). The molecule has 1 aliphatic rings. The molecule has 0 aromatic carbocycles. The Bertz CT molecular complexity index is 222. The van der Waals surface area contributed by atoms with Gasteiger partial charge in [-0.3, -0.25) is 10.8 Å². The fourth-order valence-electron chi connectivity index (χ4n) is 0.989. The zero-order valence-corrected chi connectivity index (χ0v) is 5.57. The molecule has 1 aromatic rings. The van der Waals surface area contributed by atoms with Crippen molar-refractivity contribution in [2.45, 2.75) is 6.04 Å². The molecule has 1 aromatic heterocycles. The van der Waals surface area contributed by atoms with Crippen molar-refractivity contribution < 1.29 is 0 Å². The molecule has 1 fully saturated rings. The van der Waals surface area contributed by atoms with Crippen LogP contribution in [0.2, 0.25) is 0 Å². The largest absolute Gasteiger partial charge is 0.268 e. The molecule has 1 aliphatic heterocycles. The van der Waals surface area contributed by atoms with E-state index < -0.39 is 0 Å². The monoisotopic (exact) mass is 135 g/mol. The van der Waals surface area contributed by atoms with Crippen molar-refractivity contribution in [2.24, 2.45) is 5.84 Å². The molecule has 2 unspecified atom stereocenters. The molecule has 3 heteroatoms. The van der Waals surface area contributed by atoms with Gasteiger partial charge in [0.05, 0.1) is 11.7 Å². The molecule has 0 aliphatic carbocycles. The Morgan fingerprint density at radius 2 is 2.40 bits per heavy atom. The first kappa shape index (κ1) is 5.82. The number of hydrazine groups is 1. The Kier molecular flexibility index (Phi) is 1.19. The summed E-state index contributed by atoms with van der Waals surface area (Å²) >= 11 is 0. The zero-order valence-electron chi connectivity index (χ0n) is 5.57. The summed E-state index contributed by atoms with van der Waals surface area (Å²) in [6.07, 6.45) is 1.79. The van der Waals surface area contributed by atoms with E-state index in [0.29, 0.717) is 6.04 Å². The van der Waals surface area contributed by atoms with Crippen molar-refractivity contribution in [3.63, 3.8) is 0 Å². The van der Waals surface area contributed by atoms with Crippen molar-refractivity contribution in [3.05, 3.63) is 30.1 Å². The van der Waals surface area contributed by atoms with Crippen molar-refractivity contribution in [1.82, 2.24) is 9.99 Å². The molecule has 10 heavy (non-hydrogen) atoms. The Hall–Kier alpha value is -0.930. The van der Waals surface area contributed by atoms with Gasteiger partial charge in [0.2, 0.25) is 0 Å². The summed E-state index contributed by atoms with van der Waals surface area (Å²) in [5.41, 5.74) is 1.07. The quantitative estimate of drug-likeness (QED) is 0.445. The van der Waals surface area contributed by atoms with Crippen molar-refractivity contribution in [2.75, 3.05) is 6.54 Å². The van der Waals surface area contributed by atoms with Crippen LogP contribution in [0.25, 0.3) is 0 Å². The molecule has 0 saturated carbocycles. The predicted molar refractivity (Wildman–Crippen MR) is 37.9 cm³/mol. The van der Waals surface area contributed by atoms with Gasteiger partial charge >= 0.3 is 0 Å². The summed E-state index contributed by atoms with van der Waals surface area (Å²) in [5, 5.41) is 1.77. The summed E-state index contributed by atoms with van der Waals surface area (Å²) in [4.78, 5) is 4.17. The van der Waals surface area contributed by atoms with Crippen LogP contribution >= 0.6 is 0 Å². The van der Waals surface area contributed by atoms with Crippen LogP contribution < -0.4 is 5.84 Å². The third kappa shape index (κ3) is 0.894. The second-order valence-electron chi connectivity index (χ2n) is 2.47. The Morgan fingerprint density at radius 3 is 2.90 bits per heavy atom. The van der Waals surface area contributed by atoms with Crippen LogP contribution in [0, 0.1) is 0 Å². The summed E-state index contributed by atoms with van der Waals surface area (Å²) in [6.45, 7) is 0.941. The number of aromatic nitrogens is 1. The highest BCUT2D eigenvalue weighted by atomic mass is 15.5. The van der Waals surface area contributed by atoms with E-state index in [4.69, 9.17) is 5.84 Å². The molecule has 2 N–H and O–H groups in total. The summed E-state index contributed by atoms with van der Waals surface area (Å²) in [6, 6.07) is 6.26. The fourth-order valence-corrected chi connectivity index (χ4v) is 0.989. The maximum absolute atomic E-state index is 5.49. The third-order valence-electron chi connectivity index (χ3n) is 1.68. The van der Waals surface area contributed by atoms with Gasteiger partial charge in [-0.1, -0.05) is 6.07 Å². The van der Waals surface area contributed by atoms with Crippen LogP contribution in [0.4, 0.5) is 0 Å². The maximum Gasteiger partial charge on any atom is 0.0804 e. The van der Waals surface area contributed by atoms with Crippen molar-refractivity contribution >= 4 is 0 Å². The first-order valence-electron chi connectivity index (χ1n) is 3.30. The average Bonchev–Trinajstić information content (AvgIpc) is 2.69. The van der Waals surface area contributed by atoms with Crippen LogP contribution in [0.15, 0.2) is 24.4 Å². The molecule has 1 saturated heterocycles. The van der Waals surface area contributed by atoms with Gasteiger partial charge in [-0.15, -0.1) is 0 Å². The van der Waals surface area contributed by atoms with Gasteiger partial charge in [0.1, 0.15) is 0 Å². The highest BCUT2D eigenvalue weighted by molar-refractivity contribution is 5.13. The molecular weight excluding hydrogens is 126 g/mol. The molecule has 0 bridgehead atoms. The lowest BCUT2D eigenvalue weighted by Gasteiger charge is -1.93. The average molecular weight is 135 g/mol. The molecule has 52 valence electrons. The number of hydrogen-bond donors (Lipinski definition) is 1. The highest BCUT2D eigenvalue weighted by Gasteiger charge is 2.33. The smallest absolute Gasteiger partial charge is 0.0804 e. The SMILES string of the molecule is NN1CC1c1ccccn1. The van der Waals surface area contributed by atoms with Gasteiger partial charge in [0, 0.05) is 12.7 Å². The topological polar surface area (TPSA) is 41.9 Å². The number of pyridine rings is 1. The van der Waals surface area contributed by atoms with Gasteiger partial charge in [-0.2, -0.15) is 0 Å². The molecule has 0 radical (unpaired) electrons. The minimum Gasteiger partial charge on any atom is -0.268 e. The van der Waals surface area contributed by atoms with Gasteiger partial charge in [0.25, 0.3) is 0 Å². The zero-order chi connectivity index (χ0) is 6.97. The van der Waals surface area contributed by atoms with Gasteiger partial charge in [-0.05, 0) is 12.1 Å². The van der Waals surface area contributed by atoms with E-state index in [1.54, 1.807) is 11.2 Å². The third-order valence-corrected chi connectivity index (χ3v) is 1.68. The summed E-state index contributed by atoms with van der Waals surface area (Å²) in [7, 11) is 0. The Balaban J connectivity index is 2.20. The normalized spacial score (nSPS) is 30.1. The molecule has 2 heterocycles. The van der Waals surface area contributed by atoms with Crippen LogP contribution in [-0.2, 0) is 0 Å². The first-order chi connectivity index (χ1) is 4.88. The lowest BCUT2D eigenvalue weighted by Crippen LogP contribution is -2.06. The lowest BCUT2D eigenvalue weighted by molar-refractivity contribution is 0.542. The van der Waals surface area contributed by atoms with Crippen LogP contribution in [-0.4, -0.2) is 16.5 Å². The van der Waals surface area contributed by atoms with Gasteiger partial charge in [-0.25, -0.2) is 5.01 Å². The molecule has 0 spiro atoms. The van der Waals surface area contributed by atoms with E-state index in [9.17, 15) is 0 Å². The van der Waals surface area contributed by atoms with E-state index in [1.807, 2.05) is 18.2 Å². The van der Waals surface area contributed by atoms with Crippen molar-refractivity contribution in [3.8, 4) is 0 Å². The summed E-state index contributed by atoms with van der Waals surface area (Å²) in [5.74, 6) is 5.49. The second-order valence-corrected chi connectivity index (χ2v) is 2.47. The standard InChI is InChI=1S/C7H9N3/c8-10-5-7(10)6-3-1-2-4-9-6/h1-4,7H,5,8H2. The second kappa shape index (κ2) is 2.04.